The first kappa shape index (κ1) is 25.5. The summed E-state index contributed by atoms with van der Waals surface area (Å²) in [4.78, 5) is 36.5. The van der Waals surface area contributed by atoms with E-state index >= 15 is 0 Å². The number of nitrogens with zero attached hydrogens (tertiary/aromatic N) is 2. The summed E-state index contributed by atoms with van der Waals surface area (Å²) in [6.07, 6.45) is 1.27. The van der Waals surface area contributed by atoms with Crippen molar-refractivity contribution in [1.82, 2.24) is 10.6 Å². The van der Waals surface area contributed by atoms with Gasteiger partial charge >= 0.3 is 5.97 Å². The van der Waals surface area contributed by atoms with Gasteiger partial charge < -0.3 is 36.2 Å². The van der Waals surface area contributed by atoms with Gasteiger partial charge in [-0.15, -0.1) is 0 Å². The molecule has 1 unspecified atom stereocenters. The van der Waals surface area contributed by atoms with Crippen LogP contribution in [0.4, 0.5) is 11.4 Å². The minimum absolute atomic E-state index is 0.000771. The van der Waals surface area contributed by atoms with Gasteiger partial charge in [-0.1, -0.05) is 0 Å². The maximum absolute atomic E-state index is 12.4. The molecular formula is C21H24N4O8-2. The van der Waals surface area contributed by atoms with Crippen molar-refractivity contribution in [3.63, 3.8) is 0 Å². The number of nitrogens with one attached hydrogen (secondary N) is 2. The van der Waals surface area contributed by atoms with Crippen LogP contribution in [0.5, 0.6) is 0 Å². The van der Waals surface area contributed by atoms with Gasteiger partial charge in [0.05, 0.1) is 18.5 Å². The van der Waals surface area contributed by atoms with Gasteiger partial charge in [-0.25, -0.2) is 4.79 Å². The van der Waals surface area contributed by atoms with E-state index in [0.717, 1.165) is 0 Å². The number of carbonyl (C=O) groups is 3. The molecule has 4 N–H and O–H groups in total. The number of unbranched alkanes of at least 4 members (excludes halogenated alkanes) is 1. The Balaban J connectivity index is 1.81. The van der Waals surface area contributed by atoms with Crippen LogP contribution in [-0.2, 0) is 9.53 Å². The molecule has 0 aliphatic heterocycles. The number of amides is 2. The number of hydrogen-bond acceptors (Lipinski definition) is 10. The van der Waals surface area contributed by atoms with Crippen LogP contribution in [0, 0.1) is 10.4 Å². The van der Waals surface area contributed by atoms with Gasteiger partial charge in [-0.2, -0.15) is 0 Å². The first-order chi connectivity index (χ1) is 15.7. The standard InChI is InChI=1S/C21H24N4O8/c1-33-21(28)18(23-20(27)15-7-11-17(12-8-15)25(31)32)4-2-3-13-22-19(26)14-5-9-16(10-6-14)24(29)30/h5-12,18,29,31H,2-4,13H2,1H3,(H,22,26)(H,23,27)/q-2. The second-order valence-corrected chi connectivity index (χ2v) is 6.94. The molecule has 2 rings (SSSR count). The largest absolute Gasteiger partial charge is 0.733 e. The number of anilines is 2. The van der Waals surface area contributed by atoms with Gasteiger partial charge in [0.1, 0.15) is 6.04 Å². The van der Waals surface area contributed by atoms with Gasteiger partial charge in [-0.3, -0.25) is 20.0 Å². The third-order valence-corrected chi connectivity index (χ3v) is 4.70. The van der Waals surface area contributed by atoms with Gasteiger partial charge in [0.2, 0.25) is 0 Å². The van der Waals surface area contributed by atoms with E-state index in [9.17, 15) is 24.8 Å². The molecule has 2 aromatic carbocycles. The molecule has 1 atom stereocenters. The second kappa shape index (κ2) is 12.4. The molecule has 0 fully saturated rings. The van der Waals surface area contributed by atoms with Crippen LogP contribution in [0.25, 0.3) is 0 Å². The van der Waals surface area contributed by atoms with Crippen LogP contribution < -0.4 is 21.1 Å². The highest BCUT2D eigenvalue weighted by Crippen LogP contribution is 2.14. The number of esters is 1. The molecule has 0 saturated heterocycles. The van der Waals surface area contributed by atoms with Crippen LogP contribution in [-0.4, -0.2) is 47.9 Å². The molecule has 2 aromatic rings. The summed E-state index contributed by atoms with van der Waals surface area (Å²) in [5, 5.41) is 43.9. The average Bonchev–Trinajstić information content (AvgIpc) is 2.82. The Kier molecular flexibility index (Phi) is 9.57. The van der Waals surface area contributed by atoms with Crippen molar-refractivity contribution >= 4 is 29.2 Å². The zero-order chi connectivity index (χ0) is 24.4. The molecule has 178 valence electrons. The van der Waals surface area contributed by atoms with E-state index in [4.69, 9.17) is 15.2 Å². The normalized spacial score (nSPS) is 11.3. The van der Waals surface area contributed by atoms with Crippen LogP contribution in [0.15, 0.2) is 48.5 Å². The molecule has 0 spiro atoms. The Morgan fingerprint density at radius 2 is 1.36 bits per heavy atom. The zero-order valence-corrected chi connectivity index (χ0v) is 17.8. The lowest BCUT2D eigenvalue weighted by molar-refractivity contribution is -0.143. The molecule has 12 nitrogen and oxygen atoms in total. The molecule has 2 amide bonds. The minimum atomic E-state index is -0.909. The molecule has 0 saturated carbocycles. The Morgan fingerprint density at radius 3 is 1.82 bits per heavy atom. The Morgan fingerprint density at radius 1 is 0.879 bits per heavy atom. The van der Waals surface area contributed by atoms with Crippen LogP contribution in [0.3, 0.4) is 0 Å². The summed E-state index contributed by atoms with van der Waals surface area (Å²) in [6, 6.07) is 9.67. The Bertz CT molecular complexity index is 932. The van der Waals surface area contributed by atoms with Gasteiger partial charge in [0.25, 0.3) is 11.8 Å². The quantitative estimate of drug-likeness (QED) is 0.220. The summed E-state index contributed by atoms with van der Waals surface area (Å²) in [5.41, 5.74) is 0.454. The third kappa shape index (κ3) is 7.73. The SMILES string of the molecule is COC(=O)C(CCCCNC(=O)c1ccc(N([O-])O)cc1)NC(=O)c1ccc(N([O-])O)cc1. The monoisotopic (exact) mass is 460 g/mol. The summed E-state index contributed by atoms with van der Waals surface area (Å²) in [5.74, 6) is -1.54. The van der Waals surface area contributed by atoms with Crippen molar-refractivity contribution in [2.45, 2.75) is 25.3 Å². The minimum Gasteiger partial charge on any atom is -0.733 e. The highest BCUT2D eigenvalue weighted by atomic mass is 16.8. The second-order valence-electron chi connectivity index (χ2n) is 6.94. The Labute approximate surface area is 189 Å². The van der Waals surface area contributed by atoms with E-state index in [1.54, 1.807) is 0 Å². The van der Waals surface area contributed by atoms with E-state index < -0.39 is 17.9 Å². The number of rotatable bonds is 11. The van der Waals surface area contributed by atoms with Crippen molar-refractivity contribution < 1.29 is 29.5 Å². The third-order valence-electron chi connectivity index (χ3n) is 4.70. The summed E-state index contributed by atoms with van der Waals surface area (Å²) in [7, 11) is 1.20. The molecule has 0 aliphatic rings. The van der Waals surface area contributed by atoms with Gasteiger partial charge in [-0.05, 0) is 67.8 Å². The first-order valence-corrected chi connectivity index (χ1v) is 9.92. The summed E-state index contributed by atoms with van der Waals surface area (Å²) >= 11 is 0. The van der Waals surface area contributed by atoms with Crippen molar-refractivity contribution in [3.8, 4) is 0 Å². The average molecular weight is 460 g/mol. The highest BCUT2D eigenvalue weighted by molar-refractivity contribution is 5.97. The van der Waals surface area contributed by atoms with Crippen LogP contribution in [0.1, 0.15) is 40.0 Å². The van der Waals surface area contributed by atoms with Crippen molar-refractivity contribution in [2.24, 2.45) is 0 Å². The topological polar surface area (TPSA) is 178 Å². The van der Waals surface area contributed by atoms with Crippen molar-refractivity contribution in [3.05, 3.63) is 70.1 Å². The van der Waals surface area contributed by atoms with E-state index in [1.807, 2.05) is 0 Å². The predicted octanol–water partition coefficient (Wildman–Crippen LogP) is 1.95. The van der Waals surface area contributed by atoms with Crippen LogP contribution in [0.2, 0.25) is 0 Å². The molecule has 33 heavy (non-hydrogen) atoms. The van der Waals surface area contributed by atoms with Crippen molar-refractivity contribution in [2.75, 3.05) is 24.1 Å². The lowest BCUT2D eigenvalue weighted by Gasteiger charge is -2.21. The van der Waals surface area contributed by atoms with Gasteiger partial charge in [0, 0.05) is 17.7 Å². The number of ether oxygens (including phenoxy) is 1. The lowest BCUT2D eigenvalue weighted by Crippen LogP contribution is -2.41. The van der Waals surface area contributed by atoms with E-state index in [0.29, 0.717) is 24.9 Å². The Hall–Kier alpha value is -3.71. The number of hydrogen-bond donors (Lipinski definition) is 4. The first-order valence-electron chi connectivity index (χ1n) is 9.92. The highest BCUT2D eigenvalue weighted by Gasteiger charge is 2.21. The van der Waals surface area contributed by atoms with E-state index in [2.05, 4.69) is 10.6 Å². The smallest absolute Gasteiger partial charge is 0.328 e. The molecule has 12 heteroatoms. The van der Waals surface area contributed by atoms with E-state index in [1.165, 1.54) is 55.6 Å². The van der Waals surface area contributed by atoms with Gasteiger partial charge in [0.15, 0.2) is 0 Å². The fraction of sp³-hybridized carbons (Fsp3) is 0.286. The maximum atomic E-state index is 12.4. The molecule has 0 heterocycles. The number of benzene rings is 2. The van der Waals surface area contributed by atoms with Crippen LogP contribution >= 0.6 is 0 Å². The molecular weight excluding hydrogens is 436 g/mol. The predicted molar refractivity (Wildman–Crippen MR) is 118 cm³/mol. The molecule has 0 bridgehead atoms. The molecule has 0 aromatic heterocycles. The molecule has 0 aliphatic carbocycles. The molecule has 0 radical (unpaired) electrons. The van der Waals surface area contributed by atoms with E-state index in [-0.39, 0.29) is 39.7 Å². The fourth-order valence-electron chi connectivity index (χ4n) is 2.89. The number of methoxy groups -OCH3 is 1. The summed E-state index contributed by atoms with van der Waals surface area (Å²) in [6.45, 7) is 0.310. The maximum Gasteiger partial charge on any atom is 0.328 e. The zero-order valence-electron chi connectivity index (χ0n) is 17.8. The lowest BCUT2D eigenvalue weighted by atomic mass is 10.1. The fourth-order valence-corrected chi connectivity index (χ4v) is 2.89. The number of carbonyl (C=O) groups excluding carboxylic acids is 3. The summed E-state index contributed by atoms with van der Waals surface area (Å²) < 4.78 is 4.73. The van der Waals surface area contributed by atoms with Crippen molar-refractivity contribution in [1.29, 1.82) is 0 Å².